The summed E-state index contributed by atoms with van der Waals surface area (Å²) in [6.07, 6.45) is 4.88. The molecule has 3 N–H and O–H groups in total. The molecule has 18 heavy (non-hydrogen) atoms. The first-order valence-electron chi connectivity index (χ1n) is 6.38. The molecule has 1 aliphatic rings. The Morgan fingerprint density at radius 1 is 1.33 bits per heavy atom. The van der Waals surface area contributed by atoms with Crippen LogP contribution in [0.5, 0.6) is 0 Å². The Balaban J connectivity index is 2.13. The topological polar surface area (TPSA) is 55.1 Å². The summed E-state index contributed by atoms with van der Waals surface area (Å²) in [7, 11) is 0. The molecule has 0 radical (unpaired) electrons. The van der Waals surface area contributed by atoms with Crippen LogP contribution in [0.2, 0.25) is 0 Å². The van der Waals surface area contributed by atoms with Crippen molar-refractivity contribution >= 4 is 34.2 Å². The minimum Gasteiger partial charge on any atom is -0.324 e. The van der Waals surface area contributed by atoms with Crippen LogP contribution < -0.4 is 11.1 Å². The van der Waals surface area contributed by atoms with Gasteiger partial charge in [-0.2, -0.15) is 0 Å². The van der Waals surface area contributed by atoms with Crippen LogP contribution >= 0.6 is 22.6 Å². The number of hydrogen-bond acceptors (Lipinski definition) is 2. The zero-order valence-electron chi connectivity index (χ0n) is 10.6. The Morgan fingerprint density at radius 2 is 2.00 bits per heavy atom. The predicted octanol–water partition coefficient (Wildman–Crippen LogP) is 3.20. The highest BCUT2D eigenvalue weighted by atomic mass is 127. The molecule has 1 aromatic rings. The molecule has 0 atom stereocenters. The smallest absolute Gasteiger partial charge is 0.244 e. The van der Waals surface area contributed by atoms with Crippen molar-refractivity contribution in [2.24, 2.45) is 5.73 Å². The van der Waals surface area contributed by atoms with E-state index in [-0.39, 0.29) is 5.91 Å². The Kier molecular flexibility index (Phi) is 4.27. The summed E-state index contributed by atoms with van der Waals surface area (Å²) in [6, 6.07) is 5.92. The second-order valence-corrected chi connectivity index (χ2v) is 6.25. The molecule has 1 aliphatic carbocycles. The molecule has 1 saturated carbocycles. The monoisotopic (exact) mass is 358 g/mol. The number of nitrogens with one attached hydrogen (secondary N) is 1. The number of nitrogens with two attached hydrogens (primary N) is 1. The summed E-state index contributed by atoms with van der Waals surface area (Å²) in [5.41, 5.74) is 7.53. The molecule has 1 fully saturated rings. The van der Waals surface area contributed by atoms with E-state index in [1.165, 1.54) is 6.42 Å². The lowest BCUT2D eigenvalue weighted by Crippen LogP contribution is -2.52. The molecule has 0 bridgehead atoms. The fraction of sp³-hybridized carbons (Fsp3) is 0.500. The molecule has 0 spiro atoms. The summed E-state index contributed by atoms with van der Waals surface area (Å²) >= 11 is 2.27. The van der Waals surface area contributed by atoms with Gasteiger partial charge in [-0.05, 0) is 60.1 Å². The maximum absolute atomic E-state index is 12.3. The van der Waals surface area contributed by atoms with Gasteiger partial charge in [0.2, 0.25) is 5.91 Å². The third-order valence-electron chi connectivity index (χ3n) is 3.71. The number of benzene rings is 1. The second-order valence-electron chi connectivity index (χ2n) is 5.08. The number of rotatable bonds is 2. The van der Waals surface area contributed by atoms with Crippen LogP contribution in [0.3, 0.4) is 0 Å². The summed E-state index contributed by atoms with van der Waals surface area (Å²) < 4.78 is 1.15. The van der Waals surface area contributed by atoms with E-state index in [1.807, 2.05) is 25.1 Å². The third-order valence-corrected chi connectivity index (χ3v) is 4.88. The van der Waals surface area contributed by atoms with Crippen LogP contribution in [0.4, 0.5) is 5.69 Å². The zero-order valence-corrected chi connectivity index (χ0v) is 12.8. The van der Waals surface area contributed by atoms with Gasteiger partial charge in [0.05, 0.1) is 5.54 Å². The molecule has 0 aliphatic heterocycles. The molecule has 1 amide bonds. The fourth-order valence-electron chi connectivity index (χ4n) is 2.40. The normalized spacial score (nSPS) is 18.4. The molecule has 3 nitrogen and oxygen atoms in total. The molecular weight excluding hydrogens is 339 g/mol. The maximum atomic E-state index is 12.3. The number of hydrogen-bond donors (Lipinski definition) is 2. The van der Waals surface area contributed by atoms with Crippen LogP contribution in [-0.4, -0.2) is 11.4 Å². The third kappa shape index (κ3) is 2.85. The van der Waals surface area contributed by atoms with Crippen molar-refractivity contribution in [3.63, 3.8) is 0 Å². The molecule has 1 aromatic carbocycles. The molecule has 2 rings (SSSR count). The molecule has 0 aromatic heterocycles. The summed E-state index contributed by atoms with van der Waals surface area (Å²) in [5, 5.41) is 2.99. The van der Waals surface area contributed by atoms with Gasteiger partial charge in [-0.25, -0.2) is 0 Å². The fourth-order valence-corrected chi connectivity index (χ4v) is 2.90. The average molecular weight is 358 g/mol. The highest BCUT2D eigenvalue weighted by Gasteiger charge is 2.35. The van der Waals surface area contributed by atoms with Gasteiger partial charge < -0.3 is 11.1 Å². The van der Waals surface area contributed by atoms with Crippen molar-refractivity contribution in [1.82, 2.24) is 0 Å². The maximum Gasteiger partial charge on any atom is 0.244 e. The van der Waals surface area contributed by atoms with E-state index in [0.29, 0.717) is 0 Å². The minimum absolute atomic E-state index is 0.0349. The number of carbonyl (C=O) groups excluding carboxylic acids is 1. The minimum atomic E-state index is -0.675. The lowest BCUT2D eigenvalue weighted by molar-refractivity contribution is -0.122. The van der Waals surface area contributed by atoms with Gasteiger partial charge in [0.15, 0.2) is 0 Å². The average Bonchev–Trinajstić information content (AvgIpc) is 2.36. The van der Waals surface area contributed by atoms with Crippen LogP contribution in [0.1, 0.15) is 37.7 Å². The quantitative estimate of drug-likeness (QED) is 0.798. The van der Waals surface area contributed by atoms with E-state index in [9.17, 15) is 4.79 Å². The van der Waals surface area contributed by atoms with E-state index in [1.54, 1.807) is 0 Å². The number of carbonyl (C=O) groups is 1. The van der Waals surface area contributed by atoms with Gasteiger partial charge in [0.1, 0.15) is 0 Å². The largest absolute Gasteiger partial charge is 0.324 e. The Hall–Kier alpha value is -0.620. The standard InChI is InChI=1S/C14H19IN2O/c1-10-11(15)6-5-7-12(10)17-13(18)14(16)8-3-2-4-9-14/h5-7H,2-4,8-9,16H2,1H3,(H,17,18). The van der Waals surface area contributed by atoms with Crippen molar-refractivity contribution in [3.8, 4) is 0 Å². The van der Waals surface area contributed by atoms with E-state index < -0.39 is 5.54 Å². The van der Waals surface area contributed by atoms with Gasteiger partial charge in [-0.3, -0.25) is 4.79 Å². The number of anilines is 1. The van der Waals surface area contributed by atoms with Crippen molar-refractivity contribution < 1.29 is 4.79 Å². The molecule has 98 valence electrons. The van der Waals surface area contributed by atoms with Crippen LogP contribution in [0.15, 0.2) is 18.2 Å². The van der Waals surface area contributed by atoms with Gasteiger partial charge in [-0.15, -0.1) is 0 Å². The Bertz CT molecular complexity index is 453. The van der Waals surface area contributed by atoms with Gasteiger partial charge >= 0.3 is 0 Å². The zero-order chi connectivity index (χ0) is 13.2. The van der Waals surface area contributed by atoms with E-state index in [4.69, 9.17) is 5.73 Å². The predicted molar refractivity (Wildman–Crippen MR) is 82.5 cm³/mol. The molecule has 0 heterocycles. The van der Waals surface area contributed by atoms with Gasteiger partial charge in [-0.1, -0.05) is 25.3 Å². The lowest BCUT2D eigenvalue weighted by Gasteiger charge is -2.32. The first-order valence-corrected chi connectivity index (χ1v) is 7.46. The summed E-state index contributed by atoms with van der Waals surface area (Å²) in [5.74, 6) is -0.0349. The van der Waals surface area contributed by atoms with E-state index >= 15 is 0 Å². The van der Waals surface area contributed by atoms with Crippen molar-refractivity contribution in [2.45, 2.75) is 44.6 Å². The lowest BCUT2D eigenvalue weighted by atomic mass is 9.82. The van der Waals surface area contributed by atoms with Crippen LogP contribution in [0, 0.1) is 10.5 Å². The van der Waals surface area contributed by atoms with E-state index in [0.717, 1.165) is 40.5 Å². The van der Waals surface area contributed by atoms with Crippen molar-refractivity contribution in [3.05, 3.63) is 27.3 Å². The van der Waals surface area contributed by atoms with Gasteiger partial charge in [0, 0.05) is 9.26 Å². The first kappa shape index (κ1) is 13.8. The van der Waals surface area contributed by atoms with Crippen molar-refractivity contribution in [1.29, 1.82) is 0 Å². The summed E-state index contributed by atoms with van der Waals surface area (Å²) in [6.45, 7) is 2.02. The number of halogens is 1. The molecular formula is C14H19IN2O. The molecule has 4 heteroatoms. The van der Waals surface area contributed by atoms with Gasteiger partial charge in [0.25, 0.3) is 0 Å². The Labute approximate surface area is 122 Å². The Morgan fingerprint density at radius 3 is 2.67 bits per heavy atom. The van der Waals surface area contributed by atoms with E-state index in [2.05, 4.69) is 27.9 Å². The number of amides is 1. The van der Waals surface area contributed by atoms with Crippen LogP contribution in [-0.2, 0) is 4.79 Å². The summed E-state index contributed by atoms with van der Waals surface area (Å²) in [4.78, 5) is 12.3. The highest BCUT2D eigenvalue weighted by molar-refractivity contribution is 14.1. The SMILES string of the molecule is Cc1c(I)cccc1NC(=O)C1(N)CCCCC1. The van der Waals surface area contributed by atoms with Crippen LogP contribution in [0.25, 0.3) is 0 Å². The second kappa shape index (κ2) is 5.57. The highest BCUT2D eigenvalue weighted by Crippen LogP contribution is 2.28. The van der Waals surface area contributed by atoms with Crippen molar-refractivity contribution in [2.75, 3.05) is 5.32 Å². The molecule has 0 unspecified atom stereocenters. The first-order chi connectivity index (χ1) is 8.53. The molecule has 0 saturated heterocycles.